The highest BCUT2D eigenvalue weighted by molar-refractivity contribution is 5.78. The van der Waals surface area contributed by atoms with E-state index in [2.05, 4.69) is 33.2 Å². The maximum absolute atomic E-state index is 12.1. The summed E-state index contributed by atoms with van der Waals surface area (Å²) in [4.78, 5) is 12.1. The van der Waals surface area contributed by atoms with E-state index in [1.807, 2.05) is 23.0 Å². The molecule has 2 bridgehead atoms. The molecule has 6 nitrogen and oxygen atoms in total. The molecule has 3 heterocycles. The topological polar surface area (TPSA) is 71.0 Å². The number of amides is 1. The third-order valence-corrected chi connectivity index (χ3v) is 6.05. The Kier molecular flexibility index (Phi) is 6.04. The number of para-hydroxylation sites is 1. The zero-order chi connectivity index (χ0) is 18.5. The molecule has 2 aromatic rings. The van der Waals surface area contributed by atoms with Crippen molar-refractivity contribution in [3.63, 3.8) is 0 Å². The largest absolute Gasteiger partial charge is 0.356 e. The fraction of sp³-hybridized carbons (Fsp3) is 0.619. The molecule has 27 heavy (non-hydrogen) atoms. The summed E-state index contributed by atoms with van der Waals surface area (Å²) < 4.78 is 2.02. The number of aromatic nitrogens is 2. The van der Waals surface area contributed by atoms with Crippen LogP contribution in [0.4, 0.5) is 0 Å². The van der Waals surface area contributed by atoms with E-state index in [1.54, 1.807) is 0 Å². The number of rotatable bonds is 8. The summed E-state index contributed by atoms with van der Waals surface area (Å²) >= 11 is 0. The average Bonchev–Trinajstić information content (AvgIpc) is 3.11. The minimum absolute atomic E-state index is 0.177. The highest BCUT2D eigenvalue weighted by Gasteiger charge is 2.32. The lowest BCUT2D eigenvalue weighted by molar-refractivity contribution is -0.121. The first-order chi connectivity index (χ1) is 13.3. The lowest BCUT2D eigenvalue weighted by atomic mass is 9.80. The van der Waals surface area contributed by atoms with Gasteiger partial charge in [0.05, 0.1) is 11.7 Å². The van der Waals surface area contributed by atoms with E-state index in [0.717, 1.165) is 68.2 Å². The standard InChI is InChI=1S/C21H31N5O/c27-21(8-3-6-19-18-11-16(13-24-19)12-22-14-18)23-9-4-10-26-20-7-2-1-5-17(20)15-25-26/h1-2,5,7,15-16,18-19,22,24H,3-4,6,8-14H2,(H,23,27)/t16-,18+,19-/m0/s1. The zero-order valence-corrected chi connectivity index (χ0v) is 16.0. The van der Waals surface area contributed by atoms with Gasteiger partial charge in [-0.2, -0.15) is 5.10 Å². The molecule has 2 aliphatic rings. The van der Waals surface area contributed by atoms with Gasteiger partial charge in [0.15, 0.2) is 0 Å². The molecule has 2 fully saturated rings. The van der Waals surface area contributed by atoms with Gasteiger partial charge in [-0.05, 0) is 63.2 Å². The van der Waals surface area contributed by atoms with Crippen molar-refractivity contribution in [1.82, 2.24) is 25.7 Å². The molecule has 6 heteroatoms. The van der Waals surface area contributed by atoms with E-state index in [0.29, 0.717) is 19.0 Å². The number of hydrogen-bond acceptors (Lipinski definition) is 4. The van der Waals surface area contributed by atoms with Gasteiger partial charge in [0.2, 0.25) is 5.91 Å². The molecule has 1 amide bonds. The fourth-order valence-corrected chi connectivity index (χ4v) is 4.58. The maximum atomic E-state index is 12.1. The van der Waals surface area contributed by atoms with Crippen molar-refractivity contribution in [1.29, 1.82) is 0 Å². The highest BCUT2D eigenvalue weighted by atomic mass is 16.1. The second kappa shape index (κ2) is 8.85. The molecule has 2 aliphatic heterocycles. The van der Waals surface area contributed by atoms with E-state index in [4.69, 9.17) is 0 Å². The van der Waals surface area contributed by atoms with Crippen LogP contribution in [-0.4, -0.2) is 47.9 Å². The van der Waals surface area contributed by atoms with Crippen molar-refractivity contribution in [2.75, 3.05) is 26.2 Å². The minimum Gasteiger partial charge on any atom is -0.356 e. The second-order valence-corrected chi connectivity index (χ2v) is 8.06. The van der Waals surface area contributed by atoms with E-state index in [1.165, 1.54) is 6.42 Å². The molecule has 3 atom stereocenters. The van der Waals surface area contributed by atoms with Crippen LogP contribution in [0.15, 0.2) is 30.5 Å². The van der Waals surface area contributed by atoms with Crippen molar-refractivity contribution in [2.45, 2.75) is 44.7 Å². The van der Waals surface area contributed by atoms with E-state index >= 15 is 0 Å². The van der Waals surface area contributed by atoms with Crippen LogP contribution in [0.2, 0.25) is 0 Å². The normalized spacial score (nSPS) is 24.8. The van der Waals surface area contributed by atoms with Gasteiger partial charge in [0, 0.05) is 30.9 Å². The number of nitrogens with one attached hydrogen (secondary N) is 3. The third-order valence-electron chi connectivity index (χ3n) is 6.05. The van der Waals surface area contributed by atoms with Crippen LogP contribution < -0.4 is 16.0 Å². The Bertz CT molecular complexity index is 758. The number of hydrogen-bond donors (Lipinski definition) is 3. The summed E-state index contributed by atoms with van der Waals surface area (Å²) in [6.45, 7) is 4.95. The van der Waals surface area contributed by atoms with Gasteiger partial charge in [-0.3, -0.25) is 9.48 Å². The van der Waals surface area contributed by atoms with Crippen LogP contribution >= 0.6 is 0 Å². The van der Waals surface area contributed by atoms with Crippen LogP contribution in [0.25, 0.3) is 10.9 Å². The van der Waals surface area contributed by atoms with Gasteiger partial charge in [0.25, 0.3) is 0 Å². The molecule has 0 aliphatic carbocycles. The van der Waals surface area contributed by atoms with Crippen LogP contribution in [0.1, 0.15) is 32.1 Å². The van der Waals surface area contributed by atoms with Gasteiger partial charge in [-0.25, -0.2) is 0 Å². The predicted molar refractivity (Wildman–Crippen MR) is 107 cm³/mol. The molecule has 1 aromatic carbocycles. The van der Waals surface area contributed by atoms with Crippen LogP contribution in [0, 0.1) is 11.8 Å². The average molecular weight is 370 g/mol. The number of aryl methyl sites for hydroxylation is 1. The molecule has 0 saturated carbocycles. The SMILES string of the molecule is O=C(CCC[C@@H]1NC[C@@H]2CNC[C@H]1C2)NCCCn1ncc2ccccc21. The van der Waals surface area contributed by atoms with Gasteiger partial charge >= 0.3 is 0 Å². The van der Waals surface area contributed by atoms with Crippen LogP contribution in [0.3, 0.4) is 0 Å². The Morgan fingerprint density at radius 2 is 2.15 bits per heavy atom. The molecule has 4 rings (SSSR count). The van der Waals surface area contributed by atoms with Crippen molar-refractivity contribution < 1.29 is 4.79 Å². The van der Waals surface area contributed by atoms with Gasteiger partial charge < -0.3 is 16.0 Å². The first kappa shape index (κ1) is 18.4. The quantitative estimate of drug-likeness (QED) is 0.622. The Balaban J connectivity index is 1.11. The molecule has 2 saturated heterocycles. The van der Waals surface area contributed by atoms with Gasteiger partial charge in [-0.1, -0.05) is 18.2 Å². The van der Waals surface area contributed by atoms with Crippen molar-refractivity contribution in [3.8, 4) is 0 Å². The second-order valence-electron chi connectivity index (χ2n) is 8.06. The van der Waals surface area contributed by atoms with Crippen molar-refractivity contribution in [2.24, 2.45) is 11.8 Å². The van der Waals surface area contributed by atoms with E-state index in [-0.39, 0.29) is 5.91 Å². The number of benzene rings is 1. The molecular weight excluding hydrogens is 338 g/mol. The molecule has 146 valence electrons. The summed E-state index contributed by atoms with van der Waals surface area (Å²) in [5.41, 5.74) is 1.16. The number of fused-ring (bicyclic) bond motifs is 3. The lowest BCUT2D eigenvalue weighted by Gasteiger charge is -2.41. The monoisotopic (exact) mass is 369 g/mol. The van der Waals surface area contributed by atoms with Gasteiger partial charge in [-0.15, -0.1) is 0 Å². The number of carbonyl (C=O) groups excluding carboxylic acids is 1. The van der Waals surface area contributed by atoms with Crippen molar-refractivity contribution in [3.05, 3.63) is 30.5 Å². The Morgan fingerprint density at radius 1 is 1.22 bits per heavy atom. The van der Waals surface area contributed by atoms with Crippen LogP contribution in [0.5, 0.6) is 0 Å². The molecule has 3 N–H and O–H groups in total. The first-order valence-corrected chi connectivity index (χ1v) is 10.4. The van der Waals surface area contributed by atoms with Gasteiger partial charge in [0.1, 0.15) is 0 Å². The summed E-state index contributed by atoms with van der Waals surface area (Å²) in [5, 5.41) is 15.9. The maximum Gasteiger partial charge on any atom is 0.219 e. The highest BCUT2D eigenvalue weighted by Crippen LogP contribution is 2.26. The summed E-state index contributed by atoms with van der Waals surface area (Å²) in [7, 11) is 0. The lowest BCUT2D eigenvalue weighted by Crippen LogP contribution is -2.54. The zero-order valence-electron chi connectivity index (χ0n) is 16.0. The summed E-state index contributed by atoms with van der Waals surface area (Å²) in [6, 6.07) is 8.80. The molecular formula is C21H31N5O. The van der Waals surface area contributed by atoms with Crippen molar-refractivity contribution >= 4 is 16.8 Å². The van der Waals surface area contributed by atoms with E-state index < -0.39 is 0 Å². The Hall–Kier alpha value is -1.92. The number of carbonyl (C=O) groups is 1. The third kappa shape index (κ3) is 4.68. The minimum atomic E-state index is 0.177. The molecule has 0 unspecified atom stereocenters. The molecule has 0 spiro atoms. The predicted octanol–water partition coefficient (Wildman–Crippen LogP) is 1.91. The fourth-order valence-electron chi connectivity index (χ4n) is 4.58. The van der Waals surface area contributed by atoms with E-state index in [9.17, 15) is 4.79 Å². The smallest absolute Gasteiger partial charge is 0.219 e. The first-order valence-electron chi connectivity index (χ1n) is 10.4. The summed E-state index contributed by atoms with van der Waals surface area (Å²) in [5.74, 6) is 1.72. The molecule has 1 aromatic heterocycles. The molecule has 0 radical (unpaired) electrons. The Labute approximate surface area is 161 Å². The Morgan fingerprint density at radius 3 is 3.11 bits per heavy atom. The van der Waals surface area contributed by atoms with Crippen LogP contribution in [-0.2, 0) is 11.3 Å². The summed E-state index contributed by atoms with van der Waals surface area (Å²) in [6.07, 6.45) is 6.85. The number of nitrogens with zero attached hydrogens (tertiary/aromatic N) is 2. The number of piperidine rings is 2.